The molecule has 2 aromatic carbocycles. The maximum Gasteiger partial charge on any atom is 0.243 e. The highest BCUT2D eigenvalue weighted by molar-refractivity contribution is 5.94. The van der Waals surface area contributed by atoms with Crippen LogP contribution in [0.25, 0.3) is 0 Å². The van der Waals surface area contributed by atoms with E-state index in [-0.39, 0.29) is 18.4 Å². The van der Waals surface area contributed by atoms with Crippen LogP contribution in [0.2, 0.25) is 0 Å². The third-order valence-electron chi connectivity index (χ3n) is 2.86. The highest BCUT2D eigenvalue weighted by Gasteiger charge is 2.05. The third-order valence-corrected chi connectivity index (χ3v) is 2.86. The van der Waals surface area contributed by atoms with Crippen LogP contribution in [0.5, 0.6) is 0 Å². The van der Waals surface area contributed by atoms with Gasteiger partial charge in [0.1, 0.15) is 0 Å². The lowest BCUT2D eigenvalue weighted by Crippen LogP contribution is -2.21. The fourth-order valence-corrected chi connectivity index (χ4v) is 1.83. The van der Waals surface area contributed by atoms with Crippen LogP contribution < -0.4 is 16.0 Å². The van der Waals surface area contributed by atoms with Gasteiger partial charge in [0.05, 0.1) is 6.54 Å². The summed E-state index contributed by atoms with van der Waals surface area (Å²) in [5.41, 5.74) is 1.48. The van der Waals surface area contributed by atoms with E-state index in [1.54, 1.807) is 24.3 Å². The van der Waals surface area contributed by atoms with Gasteiger partial charge in [0.2, 0.25) is 11.8 Å². The normalized spacial score (nSPS) is 10.0. The molecule has 2 rings (SSSR count). The SMILES string of the molecule is CC(=O)Nc1ccc(NC(=O)CNc2ccc(F)c(F)c2)cc1. The molecule has 0 atom stereocenters. The first-order valence-corrected chi connectivity index (χ1v) is 6.80. The second kappa shape index (κ2) is 7.35. The van der Waals surface area contributed by atoms with Gasteiger partial charge in [-0.25, -0.2) is 8.78 Å². The molecule has 0 aromatic heterocycles. The molecule has 23 heavy (non-hydrogen) atoms. The molecular weight excluding hydrogens is 304 g/mol. The summed E-state index contributed by atoms with van der Waals surface area (Å²) < 4.78 is 25.8. The number of hydrogen-bond acceptors (Lipinski definition) is 3. The average Bonchev–Trinajstić information content (AvgIpc) is 2.50. The molecule has 0 fully saturated rings. The minimum Gasteiger partial charge on any atom is -0.376 e. The molecule has 0 bridgehead atoms. The fourth-order valence-electron chi connectivity index (χ4n) is 1.83. The highest BCUT2D eigenvalue weighted by Crippen LogP contribution is 2.14. The molecule has 2 amide bonds. The topological polar surface area (TPSA) is 70.2 Å². The fraction of sp³-hybridized carbons (Fsp3) is 0.125. The van der Waals surface area contributed by atoms with E-state index in [0.29, 0.717) is 17.1 Å². The standard InChI is InChI=1S/C16H15F2N3O2/c1-10(22)20-11-2-4-12(5-3-11)21-16(23)9-19-13-6-7-14(17)15(18)8-13/h2-8,19H,9H2,1H3,(H,20,22)(H,21,23). The number of carbonyl (C=O) groups is 2. The molecule has 5 nitrogen and oxygen atoms in total. The third kappa shape index (κ3) is 5.06. The Labute approximate surface area is 131 Å². The second-order valence-electron chi connectivity index (χ2n) is 4.79. The van der Waals surface area contributed by atoms with E-state index in [4.69, 9.17) is 0 Å². The van der Waals surface area contributed by atoms with Gasteiger partial charge < -0.3 is 16.0 Å². The zero-order valence-electron chi connectivity index (χ0n) is 12.3. The predicted molar refractivity (Wildman–Crippen MR) is 84.2 cm³/mol. The van der Waals surface area contributed by atoms with Crippen LogP contribution in [0.3, 0.4) is 0 Å². The number of hydrogen-bond donors (Lipinski definition) is 3. The van der Waals surface area contributed by atoms with Gasteiger partial charge >= 0.3 is 0 Å². The molecule has 0 unspecified atom stereocenters. The predicted octanol–water partition coefficient (Wildman–Crippen LogP) is 2.97. The summed E-state index contributed by atoms with van der Waals surface area (Å²) in [6.07, 6.45) is 0. The monoisotopic (exact) mass is 319 g/mol. The average molecular weight is 319 g/mol. The van der Waals surface area contributed by atoms with Crippen LogP contribution in [0.1, 0.15) is 6.92 Å². The van der Waals surface area contributed by atoms with Gasteiger partial charge in [-0.2, -0.15) is 0 Å². The van der Waals surface area contributed by atoms with Crippen molar-refractivity contribution in [3.05, 3.63) is 54.1 Å². The lowest BCUT2D eigenvalue weighted by molar-refractivity contribution is -0.115. The van der Waals surface area contributed by atoms with Gasteiger partial charge in [0.25, 0.3) is 0 Å². The van der Waals surface area contributed by atoms with Crippen molar-refractivity contribution in [3.8, 4) is 0 Å². The summed E-state index contributed by atoms with van der Waals surface area (Å²) in [7, 11) is 0. The quantitative estimate of drug-likeness (QED) is 0.793. The molecule has 7 heteroatoms. The Morgan fingerprint density at radius 2 is 1.43 bits per heavy atom. The molecule has 3 N–H and O–H groups in total. The smallest absolute Gasteiger partial charge is 0.243 e. The summed E-state index contributed by atoms with van der Waals surface area (Å²) in [5.74, 6) is -2.46. The van der Waals surface area contributed by atoms with Crippen molar-refractivity contribution < 1.29 is 18.4 Å². The summed E-state index contributed by atoms with van der Waals surface area (Å²) >= 11 is 0. The van der Waals surface area contributed by atoms with Crippen LogP contribution in [-0.2, 0) is 9.59 Å². The number of halogens is 2. The molecule has 0 aliphatic heterocycles. The van der Waals surface area contributed by atoms with E-state index in [1.165, 1.54) is 13.0 Å². The number of nitrogens with one attached hydrogen (secondary N) is 3. The minimum absolute atomic E-state index is 0.0987. The zero-order chi connectivity index (χ0) is 16.8. The van der Waals surface area contributed by atoms with Crippen LogP contribution in [0, 0.1) is 11.6 Å². The van der Waals surface area contributed by atoms with Gasteiger partial charge in [-0.1, -0.05) is 0 Å². The Bertz CT molecular complexity index is 718. The molecule has 0 heterocycles. The number of benzene rings is 2. The Balaban J connectivity index is 1.86. The van der Waals surface area contributed by atoms with Crippen molar-refractivity contribution in [1.82, 2.24) is 0 Å². The molecule has 0 aliphatic carbocycles. The first-order valence-electron chi connectivity index (χ1n) is 6.80. The van der Waals surface area contributed by atoms with Crippen LogP contribution in [-0.4, -0.2) is 18.4 Å². The molecule has 2 aromatic rings. The van der Waals surface area contributed by atoms with Crippen molar-refractivity contribution in [2.75, 3.05) is 22.5 Å². The summed E-state index contributed by atoms with van der Waals surface area (Å²) in [6, 6.07) is 9.89. The summed E-state index contributed by atoms with van der Waals surface area (Å²) in [6.45, 7) is 1.30. The van der Waals surface area contributed by atoms with E-state index >= 15 is 0 Å². The van der Waals surface area contributed by atoms with Gasteiger partial charge in [-0.15, -0.1) is 0 Å². The van der Waals surface area contributed by atoms with Gasteiger partial charge in [-0.05, 0) is 36.4 Å². The first kappa shape index (κ1) is 16.4. The lowest BCUT2D eigenvalue weighted by atomic mass is 10.2. The van der Waals surface area contributed by atoms with Gasteiger partial charge in [0, 0.05) is 30.1 Å². The number of anilines is 3. The first-order chi connectivity index (χ1) is 10.9. The lowest BCUT2D eigenvalue weighted by Gasteiger charge is -2.09. The molecule has 0 aliphatic rings. The van der Waals surface area contributed by atoms with Crippen molar-refractivity contribution in [2.45, 2.75) is 6.92 Å². The van der Waals surface area contributed by atoms with Crippen LogP contribution >= 0.6 is 0 Å². The second-order valence-corrected chi connectivity index (χ2v) is 4.79. The molecular formula is C16H15F2N3O2. The van der Waals surface area contributed by atoms with Crippen LogP contribution in [0.4, 0.5) is 25.8 Å². The molecule has 0 saturated carbocycles. The van der Waals surface area contributed by atoms with Gasteiger partial charge in [0.15, 0.2) is 11.6 Å². The largest absolute Gasteiger partial charge is 0.376 e. The van der Waals surface area contributed by atoms with E-state index in [1.807, 2.05) is 0 Å². The maximum atomic E-state index is 13.0. The Morgan fingerprint density at radius 3 is 2.00 bits per heavy atom. The summed E-state index contributed by atoms with van der Waals surface area (Å²) in [4.78, 5) is 22.7. The van der Waals surface area contributed by atoms with E-state index in [2.05, 4.69) is 16.0 Å². The van der Waals surface area contributed by atoms with Crippen molar-refractivity contribution in [2.24, 2.45) is 0 Å². The minimum atomic E-state index is -0.982. The van der Waals surface area contributed by atoms with Gasteiger partial charge in [-0.3, -0.25) is 9.59 Å². The number of rotatable bonds is 5. The zero-order valence-corrected chi connectivity index (χ0v) is 12.3. The van der Waals surface area contributed by atoms with E-state index in [9.17, 15) is 18.4 Å². The Kier molecular flexibility index (Phi) is 5.24. The Hall–Kier alpha value is -2.96. The Morgan fingerprint density at radius 1 is 0.870 bits per heavy atom. The molecule has 0 saturated heterocycles. The summed E-state index contributed by atoms with van der Waals surface area (Å²) in [5, 5.41) is 7.94. The molecule has 0 radical (unpaired) electrons. The molecule has 0 spiro atoms. The maximum absolute atomic E-state index is 13.0. The van der Waals surface area contributed by atoms with Crippen molar-refractivity contribution >= 4 is 28.9 Å². The molecule has 120 valence electrons. The van der Waals surface area contributed by atoms with E-state index in [0.717, 1.165) is 12.1 Å². The number of amides is 2. The van der Waals surface area contributed by atoms with Crippen LogP contribution in [0.15, 0.2) is 42.5 Å². The highest BCUT2D eigenvalue weighted by atomic mass is 19.2. The van der Waals surface area contributed by atoms with E-state index < -0.39 is 11.6 Å². The van der Waals surface area contributed by atoms with Crippen molar-refractivity contribution in [3.63, 3.8) is 0 Å². The number of carbonyl (C=O) groups excluding carboxylic acids is 2. The van der Waals surface area contributed by atoms with Crippen molar-refractivity contribution in [1.29, 1.82) is 0 Å².